The summed E-state index contributed by atoms with van der Waals surface area (Å²) in [6.07, 6.45) is 0.982. The first-order chi connectivity index (χ1) is 4.25. The van der Waals surface area contributed by atoms with E-state index < -0.39 is 0 Å². The topological polar surface area (TPSA) is 26.1 Å². The molecule has 1 aliphatic rings. The second-order valence-corrected chi connectivity index (χ2v) is 2.37. The van der Waals surface area contributed by atoms with Gasteiger partial charge in [0.1, 0.15) is 0 Å². The number of nitrogens with one attached hydrogen (secondary N) is 1. The van der Waals surface area contributed by atoms with E-state index in [4.69, 9.17) is 12.2 Å². The zero-order chi connectivity index (χ0) is 6.85. The first kappa shape index (κ1) is 9.72. The maximum atomic E-state index is 4.90. The molecule has 57 valence electrons. The molecule has 1 N–H and O–H groups in total. The average Bonchev–Trinajstić information content (AvgIpc) is 2.15. The summed E-state index contributed by atoms with van der Waals surface area (Å²) in [5.74, 6) is 0. The Labute approximate surface area is 72.5 Å². The van der Waals surface area contributed by atoms with Crippen LogP contribution in [-0.2, 0) is 0 Å². The summed E-state index contributed by atoms with van der Waals surface area (Å²) < 4.78 is 0. The van der Waals surface area contributed by atoms with Crippen LogP contribution in [0.2, 0.25) is 0 Å². The van der Waals surface area contributed by atoms with Gasteiger partial charge in [0.05, 0.1) is 0 Å². The van der Waals surface area contributed by atoms with Gasteiger partial charge in [0.25, 0.3) is 0 Å². The molecule has 0 aromatic carbocycles. The molecule has 1 aliphatic heterocycles. The SMILES string of the molecule is CCC1=C(C)C(=S)[N]N1.Cl. The maximum absolute atomic E-state index is 4.90. The van der Waals surface area contributed by atoms with Gasteiger partial charge >= 0.3 is 0 Å². The number of hydrogen-bond donors (Lipinski definition) is 1. The number of thiocarbonyl (C=S) groups is 1. The van der Waals surface area contributed by atoms with Gasteiger partial charge in [0.15, 0.2) is 4.99 Å². The molecule has 0 atom stereocenters. The highest BCUT2D eigenvalue weighted by atomic mass is 35.5. The van der Waals surface area contributed by atoms with Crippen molar-refractivity contribution in [3.8, 4) is 0 Å². The van der Waals surface area contributed by atoms with Gasteiger partial charge in [-0.1, -0.05) is 19.1 Å². The molecule has 1 rings (SSSR count). The highest BCUT2D eigenvalue weighted by molar-refractivity contribution is 7.80. The molecule has 2 nitrogen and oxygen atoms in total. The molecule has 0 bridgehead atoms. The minimum absolute atomic E-state index is 0. The van der Waals surface area contributed by atoms with E-state index in [0.717, 1.165) is 17.7 Å². The van der Waals surface area contributed by atoms with E-state index in [2.05, 4.69) is 17.8 Å². The minimum Gasteiger partial charge on any atom is -0.281 e. The lowest BCUT2D eigenvalue weighted by atomic mass is 10.2. The summed E-state index contributed by atoms with van der Waals surface area (Å²) in [5.41, 5.74) is 9.02. The standard InChI is InChI=1S/C6H9N2S.ClH/c1-3-5-4(2)6(9)8-7-5;/h7H,3H2,1-2H3;1H. The molecule has 0 aromatic rings. The first-order valence-corrected chi connectivity index (χ1v) is 3.37. The van der Waals surface area contributed by atoms with Crippen LogP contribution in [0.15, 0.2) is 11.3 Å². The predicted octanol–water partition coefficient (Wildman–Crippen LogP) is 1.54. The van der Waals surface area contributed by atoms with Crippen LogP contribution in [0.5, 0.6) is 0 Å². The fourth-order valence-electron chi connectivity index (χ4n) is 0.759. The van der Waals surface area contributed by atoms with E-state index in [0.29, 0.717) is 4.99 Å². The van der Waals surface area contributed by atoms with E-state index in [9.17, 15) is 0 Å². The fraction of sp³-hybridized carbons (Fsp3) is 0.500. The molecule has 1 heterocycles. The van der Waals surface area contributed by atoms with Crippen molar-refractivity contribution < 1.29 is 0 Å². The molecule has 4 heteroatoms. The van der Waals surface area contributed by atoms with E-state index in [1.165, 1.54) is 0 Å². The van der Waals surface area contributed by atoms with Gasteiger partial charge in [-0.05, 0) is 13.3 Å². The number of nitrogens with zero attached hydrogens (tertiary/aromatic N) is 1. The normalized spacial score (nSPS) is 16.0. The van der Waals surface area contributed by atoms with E-state index in [-0.39, 0.29) is 12.4 Å². The fourth-order valence-corrected chi connectivity index (χ4v) is 0.928. The predicted molar refractivity (Wildman–Crippen MR) is 48.1 cm³/mol. The molecule has 1 radical (unpaired) electrons. The Bertz CT molecular complexity index is 177. The maximum Gasteiger partial charge on any atom is 0.151 e. The highest BCUT2D eigenvalue weighted by Crippen LogP contribution is 2.10. The van der Waals surface area contributed by atoms with Crippen LogP contribution in [0.1, 0.15) is 20.3 Å². The highest BCUT2D eigenvalue weighted by Gasteiger charge is 2.13. The second kappa shape index (κ2) is 3.78. The molecule has 10 heavy (non-hydrogen) atoms. The van der Waals surface area contributed by atoms with Crippen LogP contribution in [0, 0.1) is 0 Å². The zero-order valence-corrected chi connectivity index (χ0v) is 7.60. The van der Waals surface area contributed by atoms with Gasteiger partial charge < -0.3 is 0 Å². The lowest BCUT2D eigenvalue weighted by Gasteiger charge is -1.94. The number of allylic oxidation sites excluding steroid dienone is 1. The molecule has 0 amide bonds. The third-order valence-corrected chi connectivity index (χ3v) is 1.82. The van der Waals surface area contributed by atoms with Crippen LogP contribution in [-0.4, -0.2) is 4.99 Å². The number of halogens is 1. The molecule has 0 spiro atoms. The van der Waals surface area contributed by atoms with Crippen molar-refractivity contribution in [2.24, 2.45) is 0 Å². The van der Waals surface area contributed by atoms with Crippen LogP contribution in [0.3, 0.4) is 0 Å². The van der Waals surface area contributed by atoms with Crippen molar-refractivity contribution >= 4 is 29.6 Å². The average molecular weight is 178 g/mol. The van der Waals surface area contributed by atoms with Crippen molar-refractivity contribution in [3.05, 3.63) is 11.3 Å². The summed E-state index contributed by atoms with van der Waals surface area (Å²) in [7, 11) is 0. The van der Waals surface area contributed by atoms with Crippen LogP contribution in [0.4, 0.5) is 0 Å². The Balaban J connectivity index is 0.000000810. The van der Waals surface area contributed by atoms with Crippen molar-refractivity contribution in [2.45, 2.75) is 20.3 Å². The summed E-state index contributed by atoms with van der Waals surface area (Å²) in [4.78, 5) is 0.701. The lowest BCUT2D eigenvalue weighted by molar-refractivity contribution is 0.756. The van der Waals surface area contributed by atoms with Crippen LogP contribution in [0.25, 0.3) is 0 Å². The molecule has 0 saturated carbocycles. The minimum atomic E-state index is 0. The zero-order valence-electron chi connectivity index (χ0n) is 5.97. The Hall–Kier alpha value is -0.280. The van der Waals surface area contributed by atoms with Gasteiger partial charge in [0, 0.05) is 11.3 Å². The monoisotopic (exact) mass is 177 g/mol. The first-order valence-electron chi connectivity index (χ1n) is 2.96. The van der Waals surface area contributed by atoms with Crippen LogP contribution >= 0.6 is 24.6 Å². The van der Waals surface area contributed by atoms with Crippen LogP contribution < -0.4 is 10.9 Å². The van der Waals surface area contributed by atoms with Crippen molar-refractivity contribution in [1.29, 1.82) is 0 Å². The quantitative estimate of drug-likeness (QED) is 0.615. The van der Waals surface area contributed by atoms with Crippen molar-refractivity contribution in [1.82, 2.24) is 10.9 Å². The van der Waals surface area contributed by atoms with E-state index >= 15 is 0 Å². The van der Waals surface area contributed by atoms with Gasteiger partial charge in [-0.15, -0.1) is 12.4 Å². The summed E-state index contributed by atoms with van der Waals surface area (Å²) >= 11 is 4.90. The number of rotatable bonds is 1. The van der Waals surface area contributed by atoms with Gasteiger partial charge in [-0.2, -0.15) is 5.43 Å². The smallest absolute Gasteiger partial charge is 0.151 e. The Morgan fingerprint density at radius 3 is 2.40 bits per heavy atom. The van der Waals surface area contributed by atoms with E-state index in [1.807, 2.05) is 6.92 Å². The largest absolute Gasteiger partial charge is 0.281 e. The second-order valence-electron chi connectivity index (χ2n) is 1.99. The molecular weight excluding hydrogens is 168 g/mol. The van der Waals surface area contributed by atoms with Gasteiger partial charge in [-0.25, -0.2) is 0 Å². The summed E-state index contributed by atoms with van der Waals surface area (Å²) in [6, 6.07) is 0. The summed E-state index contributed by atoms with van der Waals surface area (Å²) in [6.45, 7) is 4.07. The molecule has 0 fully saturated rings. The van der Waals surface area contributed by atoms with Gasteiger partial charge in [-0.3, -0.25) is 5.43 Å². The Kier molecular flexibility index (Phi) is 3.68. The lowest BCUT2D eigenvalue weighted by Crippen LogP contribution is -2.18. The molecular formula is C6H10ClN2S. The van der Waals surface area contributed by atoms with Crippen molar-refractivity contribution in [3.63, 3.8) is 0 Å². The van der Waals surface area contributed by atoms with Crippen molar-refractivity contribution in [2.75, 3.05) is 0 Å². The third-order valence-electron chi connectivity index (χ3n) is 1.42. The Morgan fingerprint density at radius 1 is 1.60 bits per heavy atom. The molecule has 0 aromatic heterocycles. The molecule has 0 saturated heterocycles. The summed E-state index contributed by atoms with van der Waals surface area (Å²) in [5, 5.41) is 0. The molecule has 0 unspecified atom stereocenters. The third kappa shape index (κ3) is 1.61. The Morgan fingerprint density at radius 2 is 2.20 bits per heavy atom. The van der Waals surface area contributed by atoms with Gasteiger partial charge in [0.2, 0.25) is 0 Å². The number of hydrogen-bond acceptors (Lipinski definition) is 2. The molecule has 0 aliphatic carbocycles. The van der Waals surface area contributed by atoms with E-state index in [1.54, 1.807) is 0 Å².